The molecule has 3 N–H and O–H groups in total. The zero-order chi connectivity index (χ0) is 13.4. The van der Waals surface area contributed by atoms with Crippen LogP contribution < -0.4 is 11.1 Å². The molecule has 0 spiro atoms. The van der Waals surface area contributed by atoms with E-state index in [2.05, 4.69) is 12.2 Å². The van der Waals surface area contributed by atoms with Gasteiger partial charge in [0.1, 0.15) is 10.8 Å². The first-order valence-corrected chi connectivity index (χ1v) is 6.47. The Morgan fingerprint density at radius 3 is 2.89 bits per heavy atom. The lowest BCUT2D eigenvalue weighted by molar-refractivity contribution is 0.141. The smallest absolute Gasteiger partial charge is 0.135 e. The fraction of sp³-hybridized carbons (Fsp3) is 0.462. The number of ether oxygens (including phenoxy) is 1. The monoisotopic (exact) mass is 270 g/mol. The van der Waals surface area contributed by atoms with Gasteiger partial charge in [-0.05, 0) is 18.6 Å². The van der Waals surface area contributed by atoms with Crippen LogP contribution in [0.25, 0.3) is 0 Å². The molecule has 0 saturated heterocycles. The van der Waals surface area contributed by atoms with Crippen LogP contribution in [-0.4, -0.2) is 24.7 Å². The summed E-state index contributed by atoms with van der Waals surface area (Å²) >= 11 is 4.84. The lowest BCUT2D eigenvalue weighted by Gasteiger charge is -2.12. The molecule has 0 fully saturated rings. The Morgan fingerprint density at radius 1 is 1.44 bits per heavy atom. The maximum absolute atomic E-state index is 13.5. The Kier molecular flexibility index (Phi) is 6.60. The van der Waals surface area contributed by atoms with Crippen molar-refractivity contribution in [3.63, 3.8) is 0 Å². The quantitative estimate of drug-likeness (QED) is 0.563. The van der Waals surface area contributed by atoms with Gasteiger partial charge in [-0.1, -0.05) is 31.6 Å². The summed E-state index contributed by atoms with van der Waals surface area (Å²) in [6.45, 7) is 4.04. The van der Waals surface area contributed by atoms with E-state index >= 15 is 0 Å². The minimum Gasteiger partial charge on any atom is -0.389 e. The van der Waals surface area contributed by atoms with Gasteiger partial charge in [0, 0.05) is 18.8 Å². The first-order valence-electron chi connectivity index (χ1n) is 6.06. The van der Waals surface area contributed by atoms with Crippen molar-refractivity contribution in [3.05, 3.63) is 29.6 Å². The van der Waals surface area contributed by atoms with Crippen LogP contribution in [0.1, 0.15) is 25.3 Å². The second-order valence-electron chi connectivity index (χ2n) is 3.92. The highest BCUT2D eigenvalue weighted by Gasteiger charge is 2.10. The van der Waals surface area contributed by atoms with Crippen molar-refractivity contribution in [3.8, 4) is 0 Å². The van der Waals surface area contributed by atoms with Gasteiger partial charge in [0.2, 0.25) is 0 Å². The summed E-state index contributed by atoms with van der Waals surface area (Å²) in [5.74, 6) is -0.403. The van der Waals surface area contributed by atoms with E-state index in [4.69, 9.17) is 22.7 Å². The highest BCUT2D eigenvalue weighted by atomic mass is 32.1. The van der Waals surface area contributed by atoms with Crippen molar-refractivity contribution in [2.24, 2.45) is 5.73 Å². The van der Waals surface area contributed by atoms with Crippen LogP contribution in [-0.2, 0) is 4.74 Å². The number of benzene rings is 1. The van der Waals surface area contributed by atoms with E-state index in [-0.39, 0.29) is 10.6 Å². The first-order chi connectivity index (χ1) is 8.66. The first kappa shape index (κ1) is 14.9. The van der Waals surface area contributed by atoms with Crippen molar-refractivity contribution in [2.75, 3.05) is 25.1 Å². The number of hydrogen-bond acceptors (Lipinski definition) is 3. The second-order valence-corrected chi connectivity index (χ2v) is 4.36. The summed E-state index contributed by atoms with van der Waals surface area (Å²) in [4.78, 5) is 0.0579. The van der Waals surface area contributed by atoms with Crippen molar-refractivity contribution in [1.82, 2.24) is 0 Å². The predicted octanol–water partition coefficient (Wildman–Crippen LogP) is 2.69. The molecular weight excluding hydrogens is 251 g/mol. The Bertz CT molecular complexity index is 399. The Balaban J connectivity index is 2.47. The SMILES string of the molecule is CCCCOCCNc1cccc(F)c1C(N)=S. The molecule has 0 aromatic heterocycles. The molecule has 1 rings (SSSR count). The summed E-state index contributed by atoms with van der Waals surface area (Å²) in [5, 5.41) is 3.08. The highest BCUT2D eigenvalue weighted by molar-refractivity contribution is 7.80. The molecule has 18 heavy (non-hydrogen) atoms. The molecule has 0 saturated carbocycles. The lowest BCUT2D eigenvalue weighted by Crippen LogP contribution is -2.17. The highest BCUT2D eigenvalue weighted by Crippen LogP contribution is 2.18. The molecule has 0 aliphatic rings. The van der Waals surface area contributed by atoms with Crippen LogP contribution in [0.15, 0.2) is 18.2 Å². The van der Waals surface area contributed by atoms with Gasteiger partial charge >= 0.3 is 0 Å². The summed E-state index contributed by atoms with van der Waals surface area (Å²) in [7, 11) is 0. The van der Waals surface area contributed by atoms with E-state index in [0.717, 1.165) is 19.4 Å². The molecule has 0 bridgehead atoms. The van der Waals surface area contributed by atoms with Crippen LogP contribution in [0.5, 0.6) is 0 Å². The number of rotatable bonds is 8. The molecule has 0 radical (unpaired) electrons. The fourth-order valence-corrected chi connectivity index (χ4v) is 1.74. The molecule has 0 aliphatic carbocycles. The van der Waals surface area contributed by atoms with Gasteiger partial charge in [0.25, 0.3) is 0 Å². The molecule has 0 unspecified atom stereocenters. The maximum Gasteiger partial charge on any atom is 0.135 e. The van der Waals surface area contributed by atoms with Gasteiger partial charge in [-0.15, -0.1) is 0 Å². The van der Waals surface area contributed by atoms with Gasteiger partial charge in [-0.3, -0.25) is 0 Å². The topological polar surface area (TPSA) is 47.3 Å². The average molecular weight is 270 g/mol. The summed E-state index contributed by atoms with van der Waals surface area (Å²) in [5.41, 5.74) is 6.38. The van der Waals surface area contributed by atoms with E-state index in [1.165, 1.54) is 6.07 Å². The molecule has 1 aromatic carbocycles. The molecule has 3 nitrogen and oxygen atoms in total. The standard InChI is InChI=1S/C13H19FN2OS/c1-2-3-8-17-9-7-16-11-6-4-5-10(14)12(11)13(15)18/h4-6,16H,2-3,7-9H2,1H3,(H2,15,18). The van der Waals surface area contributed by atoms with Gasteiger partial charge in [-0.2, -0.15) is 0 Å². The Morgan fingerprint density at radius 2 is 2.22 bits per heavy atom. The molecule has 1 aromatic rings. The van der Waals surface area contributed by atoms with E-state index in [9.17, 15) is 4.39 Å². The van der Waals surface area contributed by atoms with E-state index < -0.39 is 5.82 Å². The number of anilines is 1. The van der Waals surface area contributed by atoms with Crippen molar-refractivity contribution in [2.45, 2.75) is 19.8 Å². The van der Waals surface area contributed by atoms with Gasteiger partial charge in [0.15, 0.2) is 0 Å². The molecule has 5 heteroatoms. The second kappa shape index (κ2) is 8.00. The number of halogens is 1. The minimum absolute atomic E-state index is 0.0579. The molecular formula is C13H19FN2OS. The molecule has 0 aliphatic heterocycles. The van der Waals surface area contributed by atoms with Gasteiger partial charge in [0.05, 0.1) is 12.2 Å². The summed E-state index contributed by atoms with van der Waals surface area (Å²) in [6, 6.07) is 4.72. The molecule has 0 atom stereocenters. The zero-order valence-electron chi connectivity index (χ0n) is 10.5. The summed E-state index contributed by atoms with van der Waals surface area (Å²) in [6.07, 6.45) is 2.17. The molecule has 0 heterocycles. The van der Waals surface area contributed by atoms with Crippen LogP contribution in [0.3, 0.4) is 0 Å². The Labute approximate surface area is 113 Å². The van der Waals surface area contributed by atoms with E-state index in [1.807, 2.05) is 0 Å². The molecule has 0 amide bonds. The third kappa shape index (κ3) is 4.58. The summed E-state index contributed by atoms with van der Waals surface area (Å²) < 4.78 is 18.9. The largest absolute Gasteiger partial charge is 0.389 e. The maximum atomic E-state index is 13.5. The average Bonchev–Trinajstić information content (AvgIpc) is 2.33. The van der Waals surface area contributed by atoms with Crippen molar-refractivity contribution >= 4 is 22.9 Å². The zero-order valence-corrected chi connectivity index (χ0v) is 11.4. The Hall–Kier alpha value is -1.20. The van der Waals surface area contributed by atoms with Gasteiger partial charge < -0.3 is 15.8 Å². The third-order valence-corrected chi connectivity index (χ3v) is 2.67. The van der Waals surface area contributed by atoms with Crippen molar-refractivity contribution < 1.29 is 9.13 Å². The number of unbranched alkanes of at least 4 members (excludes halogenated alkanes) is 1. The fourth-order valence-electron chi connectivity index (χ4n) is 1.53. The molecule has 100 valence electrons. The predicted molar refractivity (Wildman–Crippen MR) is 76.5 cm³/mol. The third-order valence-electron chi connectivity index (χ3n) is 2.46. The van der Waals surface area contributed by atoms with E-state index in [1.54, 1.807) is 12.1 Å². The number of nitrogens with one attached hydrogen (secondary N) is 1. The lowest BCUT2D eigenvalue weighted by atomic mass is 10.1. The number of thiocarbonyl (C=S) groups is 1. The van der Waals surface area contributed by atoms with Crippen LogP contribution in [0.4, 0.5) is 10.1 Å². The van der Waals surface area contributed by atoms with E-state index in [0.29, 0.717) is 18.8 Å². The van der Waals surface area contributed by atoms with Crippen LogP contribution >= 0.6 is 12.2 Å². The van der Waals surface area contributed by atoms with Crippen LogP contribution in [0.2, 0.25) is 0 Å². The van der Waals surface area contributed by atoms with Gasteiger partial charge in [-0.25, -0.2) is 4.39 Å². The van der Waals surface area contributed by atoms with Crippen LogP contribution in [0, 0.1) is 5.82 Å². The normalized spacial score (nSPS) is 10.3. The number of nitrogens with two attached hydrogens (primary N) is 1. The number of hydrogen-bond donors (Lipinski definition) is 2. The van der Waals surface area contributed by atoms with Crippen molar-refractivity contribution in [1.29, 1.82) is 0 Å². The minimum atomic E-state index is -0.403.